The quantitative estimate of drug-likeness (QED) is 0.736. The summed E-state index contributed by atoms with van der Waals surface area (Å²) in [5.74, 6) is 0. The van der Waals surface area contributed by atoms with Gasteiger partial charge in [0.05, 0.1) is 13.2 Å². The maximum Gasteiger partial charge on any atom is 0.0719 e. The fourth-order valence-corrected chi connectivity index (χ4v) is 1.77. The van der Waals surface area contributed by atoms with Gasteiger partial charge in [-0.15, -0.1) is 0 Å². The Labute approximate surface area is 85.1 Å². The van der Waals surface area contributed by atoms with E-state index in [1.807, 2.05) is 13.8 Å². The van der Waals surface area contributed by atoms with Crippen LogP contribution in [0, 0.1) is 0 Å². The maximum absolute atomic E-state index is 6.05. The molecular formula is C12H17NO. The molecule has 1 aliphatic rings. The number of hydrogen-bond donors (Lipinski definition) is 1. The Balaban J connectivity index is 2.39. The molecule has 1 heterocycles. The third-order valence-corrected chi connectivity index (χ3v) is 2.72. The highest BCUT2D eigenvalue weighted by Crippen LogP contribution is 2.23. The van der Waals surface area contributed by atoms with E-state index in [9.17, 15) is 0 Å². The molecule has 2 heteroatoms. The number of fused-ring (bicyclic) bond motifs is 1. The summed E-state index contributed by atoms with van der Waals surface area (Å²) in [4.78, 5) is 0. The van der Waals surface area contributed by atoms with Gasteiger partial charge < -0.3 is 10.5 Å². The summed E-state index contributed by atoms with van der Waals surface area (Å²) in [6, 6.07) is 6.49. The molecule has 0 saturated heterocycles. The summed E-state index contributed by atoms with van der Waals surface area (Å²) < 4.78 is 5.42. The van der Waals surface area contributed by atoms with Crippen LogP contribution >= 0.6 is 0 Å². The van der Waals surface area contributed by atoms with Crippen molar-refractivity contribution in [2.45, 2.75) is 32.4 Å². The largest absolute Gasteiger partial charge is 0.376 e. The van der Waals surface area contributed by atoms with Crippen LogP contribution in [0.3, 0.4) is 0 Å². The second-order valence-corrected chi connectivity index (χ2v) is 4.51. The van der Waals surface area contributed by atoms with Crippen molar-refractivity contribution < 1.29 is 4.74 Å². The van der Waals surface area contributed by atoms with Gasteiger partial charge in [-0.05, 0) is 37.0 Å². The molecule has 0 aliphatic carbocycles. The summed E-state index contributed by atoms with van der Waals surface area (Å²) >= 11 is 0. The summed E-state index contributed by atoms with van der Waals surface area (Å²) in [6.45, 7) is 5.63. The average molecular weight is 191 g/mol. The highest BCUT2D eigenvalue weighted by atomic mass is 16.5. The van der Waals surface area contributed by atoms with Crippen molar-refractivity contribution in [2.75, 3.05) is 6.61 Å². The first-order valence-corrected chi connectivity index (χ1v) is 5.06. The molecule has 76 valence electrons. The minimum atomic E-state index is -0.257. The Bertz CT molecular complexity index is 339. The molecule has 14 heavy (non-hydrogen) atoms. The van der Waals surface area contributed by atoms with Gasteiger partial charge in [0.15, 0.2) is 0 Å². The van der Waals surface area contributed by atoms with E-state index < -0.39 is 0 Å². The SMILES string of the molecule is CC(C)(N)c1ccc2c(c1)COCC2. The topological polar surface area (TPSA) is 35.2 Å². The van der Waals surface area contributed by atoms with Crippen LogP contribution in [0.15, 0.2) is 18.2 Å². The van der Waals surface area contributed by atoms with Crippen molar-refractivity contribution in [1.29, 1.82) is 0 Å². The van der Waals surface area contributed by atoms with Crippen LogP contribution in [0.4, 0.5) is 0 Å². The van der Waals surface area contributed by atoms with E-state index in [1.54, 1.807) is 0 Å². The monoisotopic (exact) mass is 191 g/mol. The van der Waals surface area contributed by atoms with Gasteiger partial charge in [-0.1, -0.05) is 18.2 Å². The summed E-state index contributed by atoms with van der Waals surface area (Å²) in [7, 11) is 0. The Hall–Kier alpha value is -0.860. The maximum atomic E-state index is 6.05. The molecule has 1 aromatic carbocycles. The normalized spacial score (nSPS) is 16.5. The Morgan fingerprint density at radius 2 is 2.07 bits per heavy atom. The first-order chi connectivity index (χ1) is 6.57. The van der Waals surface area contributed by atoms with Crippen LogP contribution in [0.25, 0.3) is 0 Å². The van der Waals surface area contributed by atoms with Gasteiger partial charge in [0, 0.05) is 5.54 Å². The van der Waals surface area contributed by atoms with Gasteiger partial charge >= 0.3 is 0 Å². The Kier molecular flexibility index (Phi) is 2.33. The smallest absolute Gasteiger partial charge is 0.0719 e. The van der Waals surface area contributed by atoms with Gasteiger partial charge in [-0.3, -0.25) is 0 Å². The van der Waals surface area contributed by atoms with Crippen LogP contribution in [0.2, 0.25) is 0 Å². The van der Waals surface area contributed by atoms with E-state index in [-0.39, 0.29) is 5.54 Å². The second kappa shape index (κ2) is 3.37. The van der Waals surface area contributed by atoms with Crippen LogP contribution in [0.5, 0.6) is 0 Å². The number of hydrogen-bond acceptors (Lipinski definition) is 2. The van der Waals surface area contributed by atoms with Crippen molar-refractivity contribution in [3.8, 4) is 0 Å². The predicted octanol–water partition coefficient (Wildman–Crippen LogP) is 1.95. The number of nitrogens with two attached hydrogens (primary N) is 1. The molecule has 0 fully saturated rings. The lowest BCUT2D eigenvalue weighted by Crippen LogP contribution is -2.29. The average Bonchev–Trinajstić information content (AvgIpc) is 2.16. The zero-order chi connectivity index (χ0) is 10.2. The van der Waals surface area contributed by atoms with E-state index in [1.165, 1.54) is 16.7 Å². The molecule has 0 amide bonds. The Morgan fingerprint density at radius 3 is 2.79 bits per heavy atom. The first-order valence-electron chi connectivity index (χ1n) is 5.06. The van der Waals surface area contributed by atoms with Gasteiger partial charge in [0.1, 0.15) is 0 Å². The third kappa shape index (κ3) is 1.81. The van der Waals surface area contributed by atoms with E-state index >= 15 is 0 Å². The molecular weight excluding hydrogens is 174 g/mol. The molecule has 0 radical (unpaired) electrons. The lowest BCUT2D eigenvalue weighted by Gasteiger charge is -2.23. The van der Waals surface area contributed by atoms with Crippen molar-refractivity contribution in [3.05, 3.63) is 34.9 Å². The summed E-state index contributed by atoms with van der Waals surface area (Å²) in [5.41, 5.74) is 9.68. The summed E-state index contributed by atoms with van der Waals surface area (Å²) in [6.07, 6.45) is 1.03. The molecule has 0 bridgehead atoms. The van der Waals surface area contributed by atoms with Crippen molar-refractivity contribution >= 4 is 0 Å². The van der Waals surface area contributed by atoms with E-state index in [2.05, 4.69) is 18.2 Å². The van der Waals surface area contributed by atoms with Crippen LogP contribution in [-0.2, 0) is 23.3 Å². The standard InChI is InChI=1S/C12H17NO/c1-12(2,13)11-4-3-9-5-6-14-8-10(9)7-11/h3-4,7H,5-6,8,13H2,1-2H3. The van der Waals surface area contributed by atoms with Crippen LogP contribution in [-0.4, -0.2) is 6.61 Å². The van der Waals surface area contributed by atoms with E-state index in [4.69, 9.17) is 10.5 Å². The van der Waals surface area contributed by atoms with Crippen LogP contribution < -0.4 is 5.73 Å². The summed E-state index contributed by atoms with van der Waals surface area (Å²) in [5, 5.41) is 0. The van der Waals surface area contributed by atoms with E-state index in [0.29, 0.717) is 0 Å². The lowest BCUT2D eigenvalue weighted by molar-refractivity contribution is 0.110. The van der Waals surface area contributed by atoms with Crippen molar-refractivity contribution in [1.82, 2.24) is 0 Å². The minimum Gasteiger partial charge on any atom is -0.376 e. The Morgan fingerprint density at radius 1 is 1.29 bits per heavy atom. The number of benzene rings is 1. The molecule has 1 aromatic rings. The third-order valence-electron chi connectivity index (χ3n) is 2.72. The number of ether oxygens (including phenoxy) is 1. The molecule has 0 atom stereocenters. The number of rotatable bonds is 1. The van der Waals surface area contributed by atoms with E-state index in [0.717, 1.165) is 19.6 Å². The second-order valence-electron chi connectivity index (χ2n) is 4.51. The molecule has 0 spiro atoms. The fourth-order valence-electron chi connectivity index (χ4n) is 1.77. The molecule has 0 unspecified atom stereocenters. The lowest BCUT2D eigenvalue weighted by atomic mass is 9.91. The molecule has 1 aliphatic heterocycles. The van der Waals surface area contributed by atoms with Gasteiger partial charge in [-0.25, -0.2) is 0 Å². The minimum absolute atomic E-state index is 0.257. The van der Waals surface area contributed by atoms with Gasteiger partial charge in [0.25, 0.3) is 0 Å². The first kappa shape index (κ1) is 9.69. The van der Waals surface area contributed by atoms with Gasteiger partial charge in [0.2, 0.25) is 0 Å². The zero-order valence-corrected chi connectivity index (χ0v) is 8.84. The highest BCUT2D eigenvalue weighted by Gasteiger charge is 2.17. The molecule has 2 N–H and O–H groups in total. The fraction of sp³-hybridized carbons (Fsp3) is 0.500. The van der Waals surface area contributed by atoms with Crippen LogP contribution in [0.1, 0.15) is 30.5 Å². The van der Waals surface area contributed by atoms with Gasteiger partial charge in [-0.2, -0.15) is 0 Å². The highest BCUT2D eigenvalue weighted by molar-refractivity contribution is 5.35. The molecule has 2 rings (SSSR count). The predicted molar refractivity (Wildman–Crippen MR) is 57.0 cm³/mol. The zero-order valence-electron chi connectivity index (χ0n) is 8.84. The molecule has 0 aromatic heterocycles. The van der Waals surface area contributed by atoms with Crippen molar-refractivity contribution in [3.63, 3.8) is 0 Å². The molecule has 0 saturated carbocycles. The van der Waals surface area contributed by atoms with Crippen molar-refractivity contribution in [2.24, 2.45) is 5.73 Å². The molecule has 2 nitrogen and oxygen atoms in total.